The van der Waals surface area contributed by atoms with Crippen molar-refractivity contribution in [3.05, 3.63) is 60.7 Å². The standard InChI is InChI=1S/C18H13F3N6/c1-27-9-8-23-17(27)14-4-3-12-13(6-7-22-16(12)26-14)25-15-5-2-11(10-24-15)18(19,20)21/h2-10H,1H3,(H,22,24,25,26). The van der Waals surface area contributed by atoms with Crippen molar-refractivity contribution in [1.29, 1.82) is 0 Å². The Morgan fingerprint density at radius 1 is 0.963 bits per heavy atom. The Hall–Kier alpha value is -3.49. The summed E-state index contributed by atoms with van der Waals surface area (Å²) >= 11 is 0. The Bertz CT molecular complexity index is 1100. The first-order chi connectivity index (χ1) is 12.9. The van der Waals surface area contributed by atoms with Gasteiger partial charge in [-0.05, 0) is 30.3 Å². The van der Waals surface area contributed by atoms with Crippen LogP contribution in [0, 0.1) is 0 Å². The number of pyridine rings is 3. The Labute approximate surface area is 151 Å². The van der Waals surface area contributed by atoms with Gasteiger partial charge in [0.2, 0.25) is 0 Å². The molecule has 0 radical (unpaired) electrons. The summed E-state index contributed by atoms with van der Waals surface area (Å²) in [4.78, 5) is 16.9. The van der Waals surface area contributed by atoms with Gasteiger partial charge in [0.25, 0.3) is 0 Å². The maximum absolute atomic E-state index is 12.7. The first kappa shape index (κ1) is 17.0. The zero-order valence-corrected chi connectivity index (χ0v) is 14.1. The largest absolute Gasteiger partial charge is 0.417 e. The molecule has 0 amide bonds. The van der Waals surface area contributed by atoms with Crippen LogP contribution in [0.2, 0.25) is 0 Å². The number of alkyl halides is 3. The van der Waals surface area contributed by atoms with Crippen molar-refractivity contribution in [2.45, 2.75) is 6.18 Å². The lowest BCUT2D eigenvalue weighted by Gasteiger charge is -2.11. The lowest BCUT2D eigenvalue weighted by atomic mass is 10.2. The highest BCUT2D eigenvalue weighted by atomic mass is 19.4. The van der Waals surface area contributed by atoms with Gasteiger partial charge in [-0.25, -0.2) is 19.9 Å². The molecule has 0 aromatic carbocycles. The molecule has 0 bridgehead atoms. The molecule has 0 saturated heterocycles. The second-order valence-electron chi connectivity index (χ2n) is 5.84. The quantitative estimate of drug-likeness (QED) is 0.586. The highest BCUT2D eigenvalue weighted by molar-refractivity contribution is 5.91. The highest BCUT2D eigenvalue weighted by Crippen LogP contribution is 2.30. The van der Waals surface area contributed by atoms with Crippen LogP contribution in [0.15, 0.2) is 55.1 Å². The van der Waals surface area contributed by atoms with E-state index in [-0.39, 0.29) is 0 Å². The lowest BCUT2D eigenvalue weighted by molar-refractivity contribution is -0.137. The smallest absolute Gasteiger partial charge is 0.340 e. The third kappa shape index (κ3) is 3.31. The summed E-state index contributed by atoms with van der Waals surface area (Å²) in [6.07, 6.45) is 1.46. The first-order valence-electron chi connectivity index (χ1n) is 7.95. The lowest BCUT2D eigenvalue weighted by Crippen LogP contribution is -2.06. The minimum absolute atomic E-state index is 0.295. The maximum Gasteiger partial charge on any atom is 0.417 e. The summed E-state index contributed by atoms with van der Waals surface area (Å²) in [6.45, 7) is 0. The Balaban J connectivity index is 1.67. The van der Waals surface area contributed by atoms with Crippen LogP contribution in [0.4, 0.5) is 24.7 Å². The molecule has 1 N–H and O–H groups in total. The molecule has 4 aromatic rings. The Kier molecular flexibility index (Phi) is 3.98. The van der Waals surface area contributed by atoms with Crippen molar-refractivity contribution in [3.8, 4) is 11.5 Å². The molecule has 0 unspecified atom stereocenters. The van der Waals surface area contributed by atoms with E-state index >= 15 is 0 Å². The molecule has 6 nitrogen and oxygen atoms in total. The molecule has 4 heterocycles. The van der Waals surface area contributed by atoms with E-state index in [1.54, 1.807) is 18.5 Å². The fourth-order valence-corrected chi connectivity index (χ4v) is 2.65. The van der Waals surface area contributed by atoms with E-state index in [0.717, 1.165) is 17.6 Å². The Morgan fingerprint density at radius 3 is 2.48 bits per heavy atom. The number of anilines is 2. The fourth-order valence-electron chi connectivity index (χ4n) is 2.65. The van der Waals surface area contributed by atoms with Gasteiger partial charge in [-0.15, -0.1) is 0 Å². The van der Waals surface area contributed by atoms with Gasteiger partial charge in [0.15, 0.2) is 11.5 Å². The summed E-state index contributed by atoms with van der Waals surface area (Å²) < 4.78 is 39.8. The highest BCUT2D eigenvalue weighted by Gasteiger charge is 2.30. The molecule has 0 aliphatic heterocycles. The molecule has 4 aromatic heterocycles. The van der Waals surface area contributed by atoms with Crippen LogP contribution < -0.4 is 5.32 Å². The molecule has 0 fully saturated rings. The monoisotopic (exact) mass is 370 g/mol. The number of imidazole rings is 1. The number of rotatable bonds is 3. The summed E-state index contributed by atoms with van der Waals surface area (Å²) in [7, 11) is 1.87. The van der Waals surface area contributed by atoms with E-state index in [2.05, 4.69) is 25.3 Å². The third-order valence-corrected chi connectivity index (χ3v) is 4.01. The number of hydrogen-bond acceptors (Lipinski definition) is 5. The molecule has 0 aliphatic rings. The molecule has 0 spiro atoms. The molecule has 0 aliphatic carbocycles. The van der Waals surface area contributed by atoms with Gasteiger partial charge >= 0.3 is 6.18 Å². The maximum atomic E-state index is 12.7. The SMILES string of the molecule is Cn1ccnc1-c1ccc2c(Nc3ccc(C(F)(F)F)cn3)ccnc2n1. The van der Waals surface area contributed by atoms with E-state index in [4.69, 9.17) is 0 Å². The van der Waals surface area contributed by atoms with E-state index in [1.807, 2.05) is 29.9 Å². The first-order valence-corrected chi connectivity index (χ1v) is 7.95. The number of halogens is 3. The second kappa shape index (κ2) is 6.35. The predicted molar refractivity (Wildman–Crippen MR) is 94.3 cm³/mol. The zero-order chi connectivity index (χ0) is 19.0. The summed E-state index contributed by atoms with van der Waals surface area (Å²) in [5, 5.41) is 3.73. The predicted octanol–water partition coefficient (Wildman–Crippen LogP) is 4.19. The Morgan fingerprint density at radius 2 is 1.81 bits per heavy atom. The minimum Gasteiger partial charge on any atom is -0.340 e. The van der Waals surface area contributed by atoms with Crippen molar-refractivity contribution < 1.29 is 13.2 Å². The van der Waals surface area contributed by atoms with Crippen LogP contribution in [-0.2, 0) is 13.2 Å². The van der Waals surface area contributed by atoms with E-state index < -0.39 is 11.7 Å². The normalized spacial score (nSPS) is 11.7. The topological polar surface area (TPSA) is 68.5 Å². The van der Waals surface area contributed by atoms with Gasteiger partial charge in [-0.3, -0.25) is 0 Å². The van der Waals surface area contributed by atoms with Crippen molar-refractivity contribution in [2.75, 3.05) is 5.32 Å². The van der Waals surface area contributed by atoms with Gasteiger partial charge < -0.3 is 9.88 Å². The van der Waals surface area contributed by atoms with Crippen molar-refractivity contribution in [3.63, 3.8) is 0 Å². The number of hydrogen-bond donors (Lipinski definition) is 1. The molecule has 0 atom stereocenters. The average molecular weight is 370 g/mol. The second-order valence-corrected chi connectivity index (χ2v) is 5.84. The van der Waals surface area contributed by atoms with E-state index in [0.29, 0.717) is 28.7 Å². The third-order valence-electron chi connectivity index (χ3n) is 4.01. The molecule has 4 rings (SSSR count). The molecule has 0 saturated carbocycles. The number of aryl methyl sites for hydroxylation is 1. The fraction of sp³-hybridized carbons (Fsp3) is 0.111. The molecule has 9 heteroatoms. The van der Waals surface area contributed by atoms with Crippen molar-refractivity contribution >= 4 is 22.5 Å². The van der Waals surface area contributed by atoms with E-state index in [1.165, 1.54) is 6.07 Å². The van der Waals surface area contributed by atoms with Crippen LogP contribution in [0.3, 0.4) is 0 Å². The summed E-state index contributed by atoms with van der Waals surface area (Å²) in [5.41, 5.74) is 1.01. The van der Waals surface area contributed by atoms with Crippen LogP contribution in [0.1, 0.15) is 5.56 Å². The number of nitrogens with zero attached hydrogens (tertiary/aromatic N) is 5. The van der Waals surface area contributed by atoms with Gasteiger partial charge in [0, 0.05) is 37.2 Å². The summed E-state index contributed by atoms with van der Waals surface area (Å²) in [6, 6.07) is 7.63. The number of aromatic nitrogens is 5. The van der Waals surface area contributed by atoms with Crippen LogP contribution in [0.5, 0.6) is 0 Å². The molecule has 136 valence electrons. The van der Waals surface area contributed by atoms with Gasteiger partial charge in [-0.2, -0.15) is 13.2 Å². The van der Waals surface area contributed by atoms with Crippen LogP contribution in [0.25, 0.3) is 22.6 Å². The van der Waals surface area contributed by atoms with Crippen LogP contribution >= 0.6 is 0 Å². The zero-order valence-electron chi connectivity index (χ0n) is 14.1. The van der Waals surface area contributed by atoms with Gasteiger partial charge in [0.05, 0.1) is 11.3 Å². The molecular weight excluding hydrogens is 357 g/mol. The van der Waals surface area contributed by atoms with Gasteiger partial charge in [-0.1, -0.05) is 0 Å². The molecule has 27 heavy (non-hydrogen) atoms. The van der Waals surface area contributed by atoms with Gasteiger partial charge in [0.1, 0.15) is 11.5 Å². The minimum atomic E-state index is -4.42. The number of fused-ring (bicyclic) bond motifs is 1. The van der Waals surface area contributed by atoms with Crippen molar-refractivity contribution in [1.82, 2.24) is 24.5 Å². The van der Waals surface area contributed by atoms with E-state index in [9.17, 15) is 13.2 Å². The molecular formula is C18H13F3N6. The van der Waals surface area contributed by atoms with Crippen molar-refractivity contribution in [2.24, 2.45) is 7.05 Å². The van der Waals surface area contributed by atoms with Crippen LogP contribution in [-0.4, -0.2) is 24.5 Å². The average Bonchev–Trinajstić information content (AvgIpc) is 3.07. The number of nitrogens with one attached hydrogen (secondary N) is 1. The summed E-state index contributed by atoms with van der Waals surface area (Å²) in [5.74, 6) is 1.00.